The zero-order valence-electron chi connectivity index (χ0n) is 14.6. The molecule has 0 radical (unpaired) electrons. The first-order valence-electron chi connectivity index (χ1n) is 9.18. The van der Waals surface area contributed by atoms with E-state index in [1.165, 1.54) is 76.2 Å². The summed E-state index contributed by atoms with van der Waals surface area (Å²) < 4.78 is 0. The van der Waals surface area contributed by atoms with Gasteiger partial charge >= 0.3 is 0 Å². The lowest BCUT2D eigenvalue weighted by Crippen LogP contribution is -2.19. The lowest BCUT2D eigenvalue weighted by molar-refractivity contribution is -0.108. The van der Waals surface area contributed by atoms with Crippen LogP contribution in [0.25, 0.3) is 0 Å². The van der Waals surface area contributed by atoms with Crippen molar-refractivity contribution in [2.45, 2.75) is 84.0 Å². The van der Waals surface area contributed by atoms with Crippen LogP contribution in [-0.2, 0) is 4.79 Å². The molecule has 0 atom stereocenters. The molecule has 1 rings (SSSR count). The number of hydrogen-bond donors (Lipinski definition) is 1. The summed E-state index contributed by atoms with van der Waals surface area (Å²) in [5.41, 5.74) is 2.40. The molecule has 0 spiro atoms. The van der Waals surface area contributed by atoms with Crippen LogP contribution in [0.5, 0.6) is 0 Å². The highest BCUT2D eigenvalue weighted by Crippen LogP contribution is 2.32. The number of nitrogens with zero attached hydrogens (tertiary/aromatic N) is 1. The van der Waals surface area contributed by atoms with Crippen LogP contribution in [0, 0.1) is 5.92 Å². The minimum Gasteiger partial charge on any atom is -0.327 e. The standard InChI is InChI=1S/C19H34N2O/c1-3-4-5-11-14-18(19(15-20-2)21-16-22)17-12-9-7-6-8-10-13-17/h15-17H,3-14H2,1-2H3,(H,21,22)/b19-18-,20-15-. The molecule has 1 saturated carbocycles. The van der Waals surface area contributed by atoms with E-state index in [0.717, 1.165) is 18.5 Å². The van der Waals surface area contributed by atoms with Crippen LogP contribution in [-0.4, -0.2) is 19.7 Å². The first-order valence-corrected chi connectivity index (χ1v) is 9.18. The van der Waals surface area contributed by atoms with Gasteiger partial charge in [-0.15, -0.1) is 0 Å². The number of nitrogens with one attached hydrogen (secondary N) is 1. The fraction of sp³-hybridized carbons (Fsp3) is 0.789. The summed E-state index contributed by atoms with van der Waals surface area (Å²) in [6, 6.07) is 0. The normalized spacial score (nSPS) is 18.6. The van der Waals surface area contributed by atoms with Gasteiger partial charge in [0.25, 0.3) is 0 Å². The summed E-state index contributed by atoms with van der Waals surface area (Å²) in [5.74, 6) is 0.627. The third kappa shape index (κ3) is 7.24. The molecule has 0 bridgehead atoms. The van der Waals surface area contributed by atoms with Crippen LogP contribution in [0.4, 0.5) is 0 Å². The van der Waals surface area contributed by atoms with Gasteiger partial charge in [0.2, 0.25) is 6.41 Å². The Kier molecular flexibility index (Phi) is 10.7. The van der Waals surface area contributed by atoms with Gasteiger partial charge in [-0.25, -0.2) is 0 Å². The maximum Gasteiger partial charge on any atom is 0.211 e. The van der Waals surface area contributed by atoms with Crippen molar-refractivity contribution in [1.82, 2.24) is 5.32 Å². The molecular weight excluding hydrogens is 272 g/mol. The van der Waals surface area contributed by atoms with E-state index >= 15 is 0 Å². The SMILES string of the molecule is CCCCCC/C(=C(\C=N/C)NC=O)C1CCCCCCC1. The van der Waals surface area contributed by atoms with Gasteiger partial charge in [0, 0.05) is 13.3 Å². The smallest absolute Gasteiger partial charge is 0.211 e. The summed E-state index contributed by atoms with van der Waals surface area (Å²) in [6.45, 7) is 2.24. The Morgan fingerprint density at radius 2 is 1.77 bits per heavy atom. The second kappa shape index (κ2) is 12.4. The summed E-state index contributed by atoms with van der Waals surface area (Å²) in [5, 5.41) is 2.91. The molecule has 0 aromatic heterocycles. The Bertz CT molecular complexity index is 352. The van der Waals surface area contributed by atoms with Gasteiger partial charge in [-0.1, -0.05) is 58.3 Å². The first-order chi connectivity index (χ1) is 10.8. The average molecular weight is 306 g/mol. The van der Waals surface area contributed by atoms with Gasteiger partial charge in [0.05, 0.1) is 5.70 Å². The number of allylic oxidation sites excluding steroid dienone is 2. The molecule has 1 N–H and O–H groups in total. The number of rotatable bonds is 9. The van der Waals surface area contributed by atoms with E-state index in [1.54, 1.807) is 7.05 Å². The topological polar surface area (TPSA) is 41.5 Å². The minimum absolute atomic E-state index is 0.627. The third-order valence-electron chi connectivity index (χ3n) is 4.72. The number of aliphatic imine (C=N–C) groups is 1. The van der Waals surface area contributed by atoms with Crippen LogP contribution in [0.3, 0.4) is 0 Å². The van der Waals surface area contributed by atoms with Crippen molar-refractivity contribution in [1.29, 1.82) is 0 Å². The quantitative estimate of drug-likeness (QED) is 0.363. The van der Waals surface area contributed by atoms with Gasteiger partial charge in [0.15, 0.2) is 0 Å². The highest BCUT2D eigenvalue weighted by atomic mass is 16.1. The predicted octanol–water partition coefficient (Wildman–Crippen LogP) is 5.02. The van der Waals surface area contributed by atoms with Gasteiger partial charge in [0.1, 0.15) is 0 Å². The van der Waals surface area contributed by atoms with E-state index in [4.69, 9.17) is 0 Å². The van der Waals surface area contributed by atoms with Crippen molar-refractivity contribution in [3.05, 3.63) is 11.3 Å². The summed E-state index contributed by atoms with van der Waals surface area (Å²) in [7, 11) is 1.78. The van der Waals surface area contributed by atoms with Crippen molar-refractivity contribution < 1.29 is 4.79 Å². The van der Waals surface area contributed by atoms with E-state index < -0.39 is 0 Å². The Hall–Kier alpha value is -1.12. The Balaban J connectivity index is 2.85. The van der Waals surface area contributed by atoms with Crippen LogP contribution >= 0.6 is 0 Å². The molecule has 1 aliphatic carbocycles. The zero-order valence-corrected chi connectivity index (χ0v) is 14.6. The Labute approximate surface area is 136 Å². The monoisotopic (exact) mass is 306 g/mol. The van der Waals surface area contributed by atoms with Gasteiger partial charge in [-0.05, 0) is 37.2 Å². The van der Waals surface area contributed by atoms with E-state index in [9.17, 15) is 4.79 Å². The Morgan fingerprint density at radius 3 is 2.36 bits per heavy atom. The lowest BCUT2D eigenvalue weighted by Gasteiger charge is -2.25. The van der Waals surface area contributed by atoms with Crippen molar-refractivity contribution in [2.75, 3.05) is 7.05 Å². The summed E-state index contributed by atoms with van der Waals surface area (Å²) in [6.07, 6.45) is 18.1. The summed E-state index contributed by atoms with van der Waals surface area (Å²) in [4.78, 5) is 15.1. The van der Waals surface area contributed by atoms with Gasteiger partial charge < -0.3 is 5.32 Å². The molecule has 1 aliphatic rings. The van der Waals surface area contributed by atoms with E-state index in [2.05, 4.69) is 17.2 Å². The Morgan fingerprint density at radius 1 is 1.09 bits per heavy atom. The molecular formula is C19H34N2O. The maximum atomic E-state index is 11.0. The van der Waals surface area contributed by atoms with Gasteiger partial charge in [-0.3, -0.25) is 9.79 Å². The number of carbonyl (C=O) groups is 1. The number of carbonyl (C=O) groups excluding carboxylic acids is 1. The molecule has 0 saturated heterocycles. The molecule has 22 heavy (non-hydrogen) atoms. The second-order valence-corrected chi connectivity index (χ2v) is 6.44. The fourth-order valence-corrected chi connectivity index (χ4v) is 3.51. The van der Waals surface area contributed by atoms with Crippen LogP contribution in [0.2, 0.25) is 0 Å². The summed E-state index contributed by atoms with van der Waals surface area (Å²) >= 11 is 0. The largest absolute Gasteiger partial charge is 0.327 e. The lowest BCUT2D eigenvalue weighted by atomic mass is 9.82. The number of unbranched alkanes of at least 4 members (excludes halogenated alkanes) is 3. The highest BCUT2D eigenvalue weighted by molar-refractivity contribution is 5.82. The van der Waals surface area contributed by atoms with Crippen molar-refractivity contribution in [3.8, 4) is 0 Å². The number of hydrogen-bond acceptors (Lipinski definition) is 2. The van der Waals surface area contributed by atoms with Crippen molar-refractivity contribution >= 4 is 12.6 Å². The first kappa shape index (κ1) is 18.9. The van der Waals surface area contributed by atoms with Crippen LogP contribution in [0.15, 0.2) is 16.3 Å². The van der Waals surface area contributed by atoms with Crippen LogP contribution < -0.4 is 5.32 Å². The van der Waals surface area contributed by atoms with E-state index in [-0.39, 0.29) is 0 Å². The predicted molar refractivity (Wildman–Crippen MR) is 95.2 cm³/mol. The van der Waals surface area contributed by atoms with E-state index in [0.29, 0.717) is 5.92 Å². The molecule has 0 aliphatic heterocycles. The van der Waals surface area contributed by atoms with Crippen molar-refractivity contribution in [2.24, 2.45) is 10.9 Å². The molecule has 3 heteroatoms. The molecule has 1 amide bonds. The fourth-order valence-electron chi connectivity index (χ4n) is 3.51. The van der Waals surface area contributed by atoms with Gasteiger partial charge in [-0.2, -0.15) is 0 Å². The highest BCUT2D eigenvalue weighted by Gasteiger charge is 2.19. The molecule has 0 unspecified atom stereocenters. The number of amides is 1. The molecule has 0 aromatic carbocycles. The zero-order chi connectivity index (χ0) is 16.0. The molecule has 0 aromatic rings. The molecule has 0 heterocycles. The molecule has 1 fully saturated rings. The van der Waals surface area contributed by atoms with E-state index in [1.807, 2.05) is 6.21 Å². The average Bonchev–Trinajstić information content (AvgIpc) is 2.48. The van der Waals surface area contributed by atoms with Crippen molar-refractivity contribution in [3.63, 3.8) is 0 Å². The minimum atomic E-state index is 0.627. The second-order valence-electron chi connectivity index (χ2n) is 6.44. The molecule has 126 valence electrons. The maximum absolute atomic E-state index is 11.0. The third-order valence-corrected chi connectivity index (χ3v) is 4.72. The molecule has 3 nitrogen and oxygen atoms in total. The van der Waals surface area contributed by atoms with Crippen LogP contribution in [0.1, 0.15) is 84.0 Å².